The fraction of sp³-hybridized carbons (Fsp3) is 0.0455. The highest BCUT2D eigenvalue weighted by Gasteiger charge is 2.18. The molecule has 0 spiro atoms. The zero-order valence-corrected chi connectivity index (χ0v) is 19.8. The fourth-order valence-electron chi connectivity index (χ4n) is 2.84. The van der Waals surface area contributed by atoms with Crippen LogP contribution in [-0.2, 0) is 10.0 Å². The van der Waals surface area contributed by atoms with Crippen molar-refractivity contribution in [2.75, 3.05) is 11.8 Å². The summed E-state index contributed by atoms with van der Waals surface area (Å²) in [5.74, 6) is -0.349. The minimum absolute atomic E-state index is 0.0148. The maximum atomic E-state index is 13.7. The van der Waals surface area contributed by atoms with Crippen LogP contribution in [0.3, 0.4) is 0 Å². The zero-order chi connectivity index (χ0) is 24.3. The number of rotatable bonds is 7. The zero-order valence-electron chi connectivity index (χ0n) is 17.4. The molecular formula is C22H16ClFN4O4S2. The van der Waals surface area contributed by atoms with E-state index in [9.17, 15) is 17.9 Å². The van der Waals surface area contributed by atoms with E-state index in [-0.39, 0.29) is 20.9 Å². The number of hydrogen-bond acceptors (Lipinski definition) is 8. The highest BCUT2D eigenvalue weighted by molar-refractivity contribution is 7.92. The maximum Gasteiger partial charge on any atom is 0.281 e. The molecule has 0 amide bonds. The average Bonchev–Trinajstić information content (AvgIpc) is 3.28. The molecule has 0 saturated heterocycles. The van der Waals surface area contributed by atoms with E-state index in [1.54, 1.807) is 29.6 Å². The smallest absolute Gasteiger partial charge is 0.281 e. The van der Waals surface area contributed by atoms with Crippen LogP contribution in [0.15, 0.2) is 70.1 Å². The van der Waals surface area contributed by atoms with E-state index in [0.29, 0.717) is 28.3 Å². The average molecular weight is 519 g/mol. The van der Waals surface area contributed by atoms with Gasteiger partial charge < -0.3 is 9.84 Å². The summed E-state index contributed by atoms with van der Waals surface area (Å²) in [6.07, 6.45) is 2.70. The Morgan fingerprint density at radius 2 is 2.06 bits per heavy atom. The second kappa shape index (κ2) is 9.75. The molecule has 8 nitrogen and oxygen atoms in total. The van der Waals surface area contributed by atoms with Gasteiger partial charge in [0.05, 0.1) is 29.7 Å². The first-order chi connectivity index (χ1) is 16.3. The van der Waals surface area contributed by atoms with E-state index in [0.717, 1.165) is 11.3 Å². The topological polar surface area (TPSA) is 114 Å². The predicted molar refractivity (Wildman–Crippen MR) is 129 cm³/mol. The van der Waals surface area contributed by atoms with Crippen LogP contribution < -0.4 is 9.46 Å². The number of para-hydroxylation sites is 1. The molecule has 0 fully saturated rings. The standard InChI is InChI=1S/C22H16ClFN4O4S2/c1-32-19-4-2-3-14(21(19)29)10-25-15-6-8-20(26-11-15)34(30,31)28-22-27-18(12-33-22)13-5-7-16(23)17(24)9-13/h2-12,29H,1H3,(H,27,28). The Morgan fingerprint density at radius 1 is 1.24 bits per heavy atom. The first-order valence-electron chi connectivity index (χ1n) is 9.56. The van der Waals surface area contributed by atoms with Crippen molar-refractivity contribution in [1.82, 2.24) is 9.97 Å². The quantitative estimate of drug-likeness (QED) is 0.322. The number of ether oxygens (including phenoxy) is 1. The number of phenolic OH excluding ortho intramolecular Hbond substituents is 1. The van der Waals surface area contributed by atoms with Crippen LogP contribution in [0.2, 0.25) is 5.02 Å². The molecule has 0 aliphatic rings. The van der Waals surface area contributed by atoms with Crippen molar-refractivity contribution in [2.24, 2.45) is 4.99 Å². The van der Waals surface area contributed by atoms with E-state index >= 15 is 0 Å². The third kappa shape index (κ3) is 5.16. The van der Waals surface area contributed by atoms with Crippen molar-refractivity contribution >= 4 is 50.0 Å². The van der Waals surface area contributed by atoms with E-state index in [1.165, 1.54) is 43.8 Å². The molecule has 0 saturated carbocycles. The van der Waals surface area contributed by atoms with Crippen LogP contribution in [0.4, 0.5) is 15.2 Å². The number of nitrogens with one attached hydrogen (secondary N) is 1. The Kier molecular flexibility index (Phi) is 6.77. The van der Waals surface area contributed by atoms with Crippen molar-refractivity contribution in [2.45, 2.75) is 5.03 Å². The molecule has 2 heterocycles. The van der Waals surface area contributed by atoms with Crippen LogP contribution in [0.5, 0.6) is 11.5 Å². The van der Waals surface area contributed by atoms with E-state index in [1.807, 2.05) is 0 Å². The molecule has 0 unspecified atom stereocenters. The molecule has 0 aliphatic heterocycles. The van der Waals surface area contributed by atoms with Crippen molar-refractivity contribution in [3.8, 4) is 22.8 Å². The summed E-state index contributed by atoms with van der Waals surface area (Å²) >= 11 is 6.74. The van der Waals surface area contributed by atoms with E-state index < -0.39 is 15.8 Å². The third-order valence-electron chi connectivity index (χ3n) is 4.54. The number of aromatic hydroxyl groups is 1. The SMILES string of the molecule is COc1cccc(C=Nc2ccc(S(=O)(=O)Nc3nc(-c4ccc(Cl)c(F)c4)cs3)nc2)c1O. The van der Waals surface area contributed by atoms with Gasteiger partial charge in [0.15, 0.2) is 21.7 Å². The van der Waals surface area contributed by atoms with Crippen LogP contribution in [0, 0.1) is 5.82 Å². The Balaban J connectivity index is 1.48. The first kappa shape index (κ1) is 23.6. The van der Waals surface area contributed by atoms with Crippen molar-refractivity contribution in [1.29, 1.82) is 0 Å². The number of pyridine rings is 1. The van der Waals surface area contributed by atoms with Crippen LogP contribution >= 0.6 is 22.9 Å². The van der Waals surface area contributed by atoms with Gasteiger partial charge in [-0.25, -0.2) is 14.4 Å². The highest BCUT2D eigenvalue weighted by Crippen LogP contribution is 2.30. The third-order valence-corrected chi connectivity index (χ3v) is 6.99. The van der Waals surface area contributed by atoms with Gasteiger partial charge >= 0.3 is 0 Å². The van der Waals surface area contributed by atoms with Gasteiger partial charge in [0, 0.05) is 22.7 Å². The Bertz CT molecular complexity index is 1470. The van der Waals surface area contributed by atoms with Gasteiger partial charge in [-0.1, -0.05) is 23.7 Å². The minimum atomic E-state index is -4.01. The molecule has 0 bridgehead atoms. The summed E-state index contributed by atoms with van der Waals surface area (Å²) in [5, 5.41) is 11.6. The number of aromatic nitrogens is 2. The second-order valence-electron chi connectivity index (χ2n) is 6.78. The summed E-state index contributed by atoms with van der Waals surface area (Å²) in [7, 11) is -2.57. The Labute approximate surface area is 203 Å². The normalized spacial score (nSPS) is 11.6. The summed E-state index contributed by atoms with van der Waals surface area (Å²) < 4.78 is 46.5. The molecule has 0 radical (unpaired) electrons. The minimum Gasteiger partial charge on any atom is -0.504 e. The number of phenols is 1. The van der Waals surface area contributed by atoms with Gasteiger partial charge in [-0.05, 0) is 36.4 Å². The molecule has 2 N–H and O–H groups in total. The largest absolute Gasteiger partial charge is 0.504 e. The predicted octanol–water partition coefficient (Wildman–Crippen LogP) is 5.26. The van der Waals surface area contributed by atoms with Crippen molar-refractivity contribution in [3.63, 3.8) is 0 Å². The molecule has 2 aromatic heterocycles. The molecule has 2 aromatic carbocycles. The number of benzene rings is 2. The van der Waals surface area contributed by atoms with Gasteiger partial charge in [-0.3, -0.25) is 9.71 Å². The van der Waals surface area contributed by atoms with Gasteiger partial charge in [-0.2, -0.15) is 8.42 Å². The van der Waals surface area contributed by atoms with Crippen molar-refractivity contribution < 1.29 is 22.7 Å². The number of sulfonamides is 1. The second-order valence-corrected chi connectivity index (χ2v) is 9.68. The lowest BCUT2D eigenvalue weighted by molar-refractivity contribution is 0.373. The molecule has 4 aromatic rings. The first-order valence-corrected chi connectivity index (χ1v) is 12.3. The lowest BCUT2D eigenvalue weighted by atomic mass is 10.2. The number of hydrogen-bond donors (Lipinski definition) is 2. The number of aliphatic imine (C=N–C) groups is 1. The number of halogens is 2. The molecule has 0 aliphatic carbocycles. The van der Waals surface area contributed by atoms with Crippen LogP contribution in [0.1, 0.15) is 5.56 Å². The van der Waals surface area contributed by atoms with Crippen molar-refractivity contribution in [3.05, 3.63) is 76.5 Å². The van der Waals surface area contributed by atoms with Gasteiger partial charge in [0.1, 0.15) is 5.82 Å². The number of methoxy groups -OCH3 is 1. The van der Waals surface area contributed by atoms with Gasteiger partial charge in [-0.15, -0.1) is 11.3 Å². The molecular weight excluding hydrogens is 503 g/mol. The molecule has 4 rings (SSSR count). The van der Waals surface area contributed by atoms with E-state index in [2.05, 4.69) is 19.7 Å². The maximum absolute atomic E-state index is 13.7. The Morgan fingerprint density at radius 3 is 2.76 bits per heavy atom. The summed E-state index contributed by atoms with van der Waals surface area (Å²) in [6.45, 7) is 0. The number of thiazole rings is 1. The lowest BCUT2D eigenvalue weighted by Gasteiger charge is -2.05. The summed E-state index contributed by atoms with van der Waals surface area (Å²) in [5.41, 5.74) is 1.67. The lowest BCUT2D eigenvalue weighted by Crippen LogP contribution is -2.14. The van der Waals surface area contributed by atoms with Crippen LogP contribution in [-0.4, -0.2) is 36.8 Å². The monoisotopic (exact) mass is 518 g/mol. The summed E-state index contributed by atoms with van der Waals surface area (Å²) in [4.78, 5) is 12.4. The van der Waals surface area contributed by atoms with Gasteiger partial charge in [0.25, 0.3) is 10.0 Å². The molecule has 12 heteroatoms. The molecule has 34 heavy (non-hydrogen) atoms. The number of anilines is 1. The fourth-order valence-corrected chi connectivity index (χ4v) is 4.86. The van der Waals surface area contributed by atoms with E-state index in [4.69, 9.17) is 16.3 Å². The molecule has 174 valence electrons. The Hall–Kier alpha value is -3.54. The summed E-state index contributed by atoms with van der Waals surface area (Å²) in [6, 6.07) is 11.9. The number of nitrogens with zero attached hydrogens (tertiary/aromatic N) is 3. The molecule has 0 atom stereocenters. The highest BCUT2D eigenvalue weighted by atomic mass is 35.5. The van der Waals surface area contributed by atoms with Gasteiger partial charge in [0.2, 0.25) is 0 Å². The van der Waals surface area contributed by atoms with Crippen LogP contribution in [0.25, 0.3) is 11.3 Å².